The van der Waals surface area contributed by atoms with E-state index in [1.165, 1.54) is 25.7 Å². The van der Waals surface area contributed by atoms with Crippen LogP contribution in [0, 0.1) is 5.92 Å². The number of aromatic amines is 1. The third-order valence-electron chi connectivity index (χ3n) is 6.26. The third kappa shape index (κ3) is 2.84. The van der Waals surface area contributed by atoms with E-state index >= 15 is 0 Å². The summed E-state index contributed by atoms with van der Waals surface area (Å²) in [6, 6.07) is 3.40. The molecule has 0 bridgehead atoms. The molecule has 1 aromatic carbocycles. The van der Waals surface area contributed by atoms with E-state index < -0.39 is 6.04 Å². The van der Waals surface area contributed by atoms with E-state index in [0.29, 0.717) is 23.8 Å². The molecule has 5 rings (SSSR count). The molecular weight excluding hydrogens is 368 g/mol. The molecule has 1 amide bonds. The Morgan fingerprint density at radius 2 is 2.00 bits per heavy atom. The Kier molecular flexibility index (Phi) is 4.19. The maximum absolute atomic E-state index is 12.5. The lowest BCUT2D eigenvalue weighted by Gasteiger charge is -2.28. The number of fused-ring (bicyclic) bond motifs is 2. The standard InChI is InChI=1S/C22H24N4O3/c1-25-11-16(14-9-10-23-18(14)21(25)27)15-7-8-17-19(24-22(28)26(17)2)20(15)29-12-13-5-3-4-6-13/h7-11,13,18H,3-6,12H2,1-2H3,(H,24,28). The Balaban J connectivity index is 1.64. The molecule has 7 heteroatoms. The van der Waals surface area contributed by atoms with Crippen molar-refractivity contribution in [3.05, 3.63) is 46.0 Å². The number of aryl methyl sites for hydroxylation is 1. The van der Waals surface area contributed by atoms with Crippen molar-refractivity contribution in [3.8, 4) is 5.75 Å². The first-order chi connectivity index (χ1) is 14.0. The highest BCUT2D eigenvalue weighted by Gasteiger charge is 2.35. The van der Waals surface area contributed by atoms with Gasteiger partial charge in [0.2, 0.25) is 0 Å². The number of aromatic nitrogens is 2. The second-order valence-electron chi connectivity index (χ2n) is 8.10. The second-order valence-corrected chi connectivity index (χ2v) is 8.10. The molecule has 1 fully saturated rings. The fourth-order valence-electron chi connectivity index (χ4n) is 4.58. The summed E-state index contributed by atoms with van der Waals surface area (Å²) in [5, 5.41) is 0. The molecule has 29 heavy (non-hydrogen) atoms. The zero-order chi connectivity index (χ0) is 20.1. The highest BCUT2D eigenvalue weighted by Crippen LogP contribution is 2.41. The highest BCUT2D eigenvalue weighted by molar-refractivity contribution is 6.05. The Hall–Kier alpha value is -3.09. The van der Waals surface area contributed by atoms with E-state index in [-0.39, 0.29) is 11.6 Å². The van der Waals surface area contributed by atoms with Gasteiger partial charge in [0.1, 0.15) is 5.52 Å². The SMILES string of the molecule is CN1C=C(c2ccc3c([nH]c(=O)n3C)c2OCC2CCCC2)C2=CC=NC2C1=O. The number of hydrogen-bond donors (Lipinski definition) is 1. The van der Waals surface area contributed by atoms with Crippen LogP contribution >= 0.6 is 0 Å². The lowest BCUT2D eigenvalue weighted by atomic mass is 9.90. The van der Waals surface area contributed by atoms with Gasteiger partial charge in [-0.25, -0.2) is 4.79 Å². The number of hydrogen-bond acceptors (Lipinski definition) is 4. The number of aliphatic imine (C=N–C) groups is 1. The minimum Gasteiger partial charge on any atom is -0.490 e. The molecule has 3 aliphatic rings. The Morgan fingerprint density at radius 1 is 1.21 bits per heavy atom. The smallest absolute Gasteiger partial charge is 0.326 e. The number of imidazole rings is 1. The fourth-order valence-corrected chi connectivity index (χ4v) is 4.58. The topological polar surface area (TPSA) is 79.7 Å². The number of amides is 1. The maximum Gasteiger partial charge on any atom is 0.326 e. The van der Waals surface area contributed by atoms with E-state index in [1.54, 1.807) is 29.8 Å². The number of benzene rings is 1. The van der Waals surface area contributed by atoms with E-state index in [0.717, 1.165) is 22.2 Å². The Labute approximate surface area is 168 Å². The lowest BCUT2D eigenvalue weighted by Crippen LogP contribution is -2.36. The number of carbonyl (C=O) groups excluding carboxylic acids is 1. The number of ether oxygens (including phenoxy) is 1. The van der Waals surface area contributed by atoms with Gasteiger partial charge < -0.3 is 14.6 Å². The number of H-pyrrole nitrogens is 1. The molecule has 0 radical (unpaired) electrons. The van der Waals surface area contributed by atoms with Gasteiger partial charge in [-0.2, -0.15) is 0 Å². The normalized spacial score (nSPS) is 21.7. The molecule has 1 aliphatic carbocycles. The third-order valence-corrected chi connectivity index (χ3v) is 6.26. The van der Waals surface area contributed by atoms with Gasteiger partial charge in [-0.15, -0.1) is 0 Å². The van der Waals surface area contributed by atoms with Crippen LogP contribution < -0.4 is 10.4 Å². The van der Waals surface area contributed by atoms with Crippen LogP contribution in [-0.4, -0.2) is 46.3 Å². The first kappa shape index (κ1) is 18.0. The van der Waals surface area contributed by atoms with Crippen LogP contribution in [0.25, 0.3) is 16.6 Å². The molecular formula is C22H24N4O3. The van der Waals surface area contributed by atoms with E-state index in [1.807, 2.05) is 24.4 Å². The number of nitrogens with zero attached hydrogens (tertiary/aromatic N) is 3. The molecule has 3 heterocycles. The lowest BCUT2D eigenvalue weighted by molar-refractivity contribution is -0.128. The van der Waals surface area contributed by atoms with Crippen molar-refractivity contribution in [1.82, 2.24) is 14.5 Å². The fraction of sp³-hybridized carbons (Fsp3) is 0.409. The van der Waals surface area contributed by atoms with Gasteiger partial charge in [0, 0.05) is 37.6 Å². The second kappa shape index (κ2) is 6.76. The molecule has 2 aromatic rings. The van der Waals surface area contributed by atoms with Gasteiger partial charge in [0.15, 0.2) is 11.8 Å². The first-order valence-corrected chi connectivity index (χ1v) is 10.1. The minimum absolute atomic E-state index is 0.0450. The Bertz CT molecular complexity index is 1140. The largest absolute Gasteiger partial charge is 0.490 e. The van der Waals surface area contributed by atoms with E-state index in [4.69, 9.17) is 4.74 Å². The van der Waals surface area contributed by atoms with Gasteiger partial charge in [-0.1, -0.05) is 12.8 Å². The van der Waals surface area contributed by atoms with Gasteiger partial charge in [-0.05, 0) is 42.5 Å². The predicted octanol–water partition coefficient (Wildman–Crippen LogP) is 2.63. The molecule has 1 unspecified atom stereocenters. The molecule has 150 valence electrons. The zero-order valence-electron chi connectivity index (χ0n) is 16.6. The minimum atomic E-state index is -0.506. The molecule has 1 N–H and O–H groups in total. The highest BCUT2D eigenvalue weighted by atomic mass is 16.5. The summed E-state index contributed by atoms with van der Waals surface area (Å²) in [6.45, 7) is 0.629. The van der Waals surface area contributed by atoms with Crippen LogP contribution in [-0.2, 0) is 11.8 Å². The van der Waals surface area contributed by atoms with Crippen molar-refractivity contribution < 1.29 is 9.53 Å². The molecule has 1 aromatic heterocycles. The van der Waals surface area contributed by atoms with Crippen molar-refractivity contribution >= 4 is 28.7 Å². The van der Waals surface area contributed by atoms with Crippen molar-refractivity contribution in [2.24, 2.45) is 18.0 Å². The predicted molar refractivity (Wildman–Crippen MR) is 112 cm³/mol. The summed E-state index contributed by atoms with van der Waals surface area (Å²) < 4.78 is 7.96. The van der Waals surface area contributed by atoms with Gasteiger partial charge >= 0.3 is 5.69 Å². The van der Waals surface area contributed by atoms with Crippen LogP contribution in [0.2, 0.25) is 0 Å². The maximum atomic E-state index is 12.5. The van der Waals surface area contributed by atoms with Gasteiger partial charge in [0.25, 0.3) is 5.91 Å². The molecule has 1 saturated carbocycles. The first-order valence-electron chi connectivity index (χ1n) is 10.1. The summed E-state index contributed by atoms with van der Waals surface area (Å²) in [6.07, 6.45) is 10.3. The summed E-state index contributed by atoms with van der Waals surface area (Å²) in [5.41, 5.74) is 3.98. The van der Waals surface area contributed by atoms with Crippen LogP contribution in [0.1, 0.15) is 31.2 Å². The van der Waals surface area contributed by atoms with E-state index in [9.17, 15) is 9.59 Å². The number of allylic oxidation sites excluding steroid dienone is 1. The molecule has 0 saturated heterocycles. The summed E-state index contributed by atoms with van der Waals surface area (Å²) >= 11 is 0. The van der Waals surface area contributed by atoms with Gasteiger partial charge in [-0.3, -0.25) is 14.4 Å². The number of carbonyl (C=O) groups is 1. The van der Waals surface area contributed by atoms with Crippen molar-refractivity contribution in [1.29, 1.82) is 0 Å². The number of rotatable bonds is 4. The molecule has 1 atom stereocenters. The van der Waals surface area contributed by atoms with Crippen molar-refractivity contribution in [2.75, 3.05) is 13.7 Å². The van der Waals surface area contributed by atoms with Crippen molar-refractivity contribution in [3.63, 3.8) is 0 Å². The average Bonchev–Trinajstić information content (AvgIpc) is 3.45. The number of likely N-dealkylation sites (N-methyl/N-ethyl adjacent to an activating group) is 1. The molecule has 7 nitrogen and oxygen atoms in total. The summed E-state index contributed by atoms with van der Waals surface area (Å²) in [5.74, 6) is 1.17. The Morgan fingerprint density at radius 3 is 2.79 bits per heavy atom. The number of nitrogens with one attached hydrogen (secondary N) is 1. The average molecular weight is 392 g/mol. The quantitative estimate of drug-likeness (QED) is 0.869. The van der Waals surface area contributed by atoms with Crippen LogP contribution in [0.5, 0.6) is 5.75 Å². The summed E-state index contributed by atoms with van der Waals surface area (Å²) in [7, 11) is 3.49. The molecule has 2 aliphatic heterocycles. The van der Waals surface area contributed by atoms with Crippen LogP contribution in [0.15, 0.2) is 39.8 Å². The monoisotopic (exact) mass is 392 g/mol. The van der Waals surface area contributed by atoms with Crippen LogP contribution in [0.4, 0.5) is 0 Å². The van der Waals surface area contributed by atoms with Crippen LogP contribution in [0.3, 0.4) is 0 Å². The zero-order valence-corrected chi connectivity index (χ0v) is 16.6. The van der Waals surface area contributed by atoms with Gasteiger partial charge in [0.05, 0.1) is 12.1 Å². The molecule has 0 spiro atoms. The van der Waals surface area contributed by atoms with Crippen molar-refractivity contribution in [2.45, 2.75) is 31.7 Å². The summed E-state index contributed by atoms with van der Waals surface area (Å²) in [4.78, 5) is 33.6. The van der Waals surface area contributed by atoms with E-state index in [2.05, 4.69) is 9.98 Å².